The molecule has 3 rings (SSSR count). The summed E-state index contributed by atoms with van der Waals surface area (Å²) in [5.41, 5.74) is 1.81. The van der Waals surface area contributed by atoms with Crippen LogP contribution in [0.2, 0.25) is 0 Å². The molecule has 8 heteroatoms. The number of carbonyl (C=O) groups excluding carboxylic acids is 3. The number of fused-ring (bicyclic) bond motifs is 1. The van der Waals surface area contributed by atoms with E-state index in [0.717, 1.165) is 34.7 Å². The number of amides is 3. The van der Waals surface area contributed by atoms with E-state index in [-0.39, 0.29) is 11.8 Å². The van der Waals surface area contributed by atoms with Crippen LogP contribution in [-0.2, 0) is 20.7 Å². The van der Waals surface area contributed by atoms with Gasteiger partial charge < -0.3 is 20.3 Å². The molecule has 2 unspecified atom stereocenters. The molecular formula is C34H45N3O4S. The molecule has 0 radical (unpaired) electrons. The van der Waals surface area contributed by atoms with Crippen LogP contribution in [0, 0.1) is 0 Å². The molecule has 0 aliphatic carbocycles. The van der Waals surface area contributed by atoms with Crippen LogP contribution in [0.4, 0.5) is 10.5 Å². The fourth-order valence-electron chi connectivity index (χ4n) is 4.72. The van der Waals surface area contributed by atoms with Crippen molar-refractivity contribution < 1.29 is 19.1 Å². The lowest BCUT2D eigenvalue weighted by Gasteiger charge is -2.34. The van der Waals surface area contributed by atoms with Gasteiger partial charge in [-0.05, 0) is 86.1 Å². The molecule has 0 saturated heterocycles. The molecule has 2 N–H and O–H groups in total. The summed E-state index contributed by atoms with van der Waals surface area (Å²) in [5.74, 6) is 0.0499. The third-order valence-corrected chi connectivity index (χ3v) is 7.56. The molecule has 0 aliphatic rings. The number of hydrogen-bond donors (Lipinski definition) is 2. The zero-order valence-corrected chi connectivity index (χ0v) is 26.6. The molecule has 0 saturated carbocycles. The van der Waals surface area contributed by atoms with E-state index < -0.39 is 23.8 Å². The van der Waals surface area contributed by atoms with E-state index in [1.54, 1.807) is 37.4 Å². The van der Waals surface area contributed by atoms with Gasteiger partial charge in [-0.15, -0.1) is 0 Å². The maximum Gasteiger partial charge on any atom is 0.408 e. The third-order valence-electron chi connectivity index (χ3n) is 6.92. The van der Waals surface area contributed by atoms with Gasteiger partial charge in [0.25, 0.3) is 5.91 Å². The highest BCUT2D eigenvalue weighted by atomic mass is 32.2. The van der Waals surface area contributed by atoms with Crippen LogP contribution in [0.3, 0.4) is 0 Å². The summed E-state index contributed by atoms with van der Waals surface area (Å²) in [6.45, 7) is 9.85. The minimum Gasteiger partial charge on any atom is -0.444 e. The van der Waals surface area contributed by atoms with E-state index in [1.165, 1.54) is 0 Å². The Balaban J connectivity index is 2.01. The Morgan fingerprint density at radius 1 is 0.952 bits per heavy atom. The monoisotopic (exact) mass is 591 g/mol. The number of benzene rings is 3. The topological polar surface area (TPSA) is 87.7 Å². The van der Waals surface area contributed by atoms with Crippen LogP contribution in [0.25, 0.3) is 10.8 Å². The molecule has 3 amide bonds. The summed E-state index contributed by atoms with van der Waals surface area (Å²) in [7, 11) is 0. The van der Waals surface area contributed by atoms with E-state index in [1.807, 2.05) is 79.9 Å². The van der Waals surface area contributed by atoms with Crippen LogP contribution in [0.1, 0.15) is 71.0 Å². The Morgan fingerprint density at radius 3 is 2.26 bits per heavy atom. The quantitative estimate of drug-likeness (QED) is 0.217. The SMILES string of the molecule is CCCCN(C(=O)C(CCSC)NC(=O)OC(C)(C)C)C(C(=O)Nc1ccc2ccccc2c1)c1ccc(CC)cc1. The number of unbranched alkanes of at least 4 members (excludes halogenated alkanes) is 1. The van der Waals surface area contributed by atoms with Crippen LogP contribution in [0.5, 0.6) is 0 Å². The fraction of sp³-hybridized carbons (Fsp3) is 0.441. The number of anilines is 1. The van der Waals surface area contributed by atoms with Gasteiger partial charge in [0.05, 0.1) is 0 Å². The molecule has 0 spiro atoms. The predicted molar refractivity (Wildman–Crippen MR) is 174 cm³/mol. The molecule has 3 aromatic rings. The van der Waals surface area contributed by atoms with Gasteiger partial charge in [-0.3, -0.25) is 9.59 Å². The maximum absolute atomic E-state index is 14.3. The van der Waals surface area contributed by atoms with Crippen molar-refractivity contribution in [2.75, 3.05) is 23.9 Å². The third kappa shape index (κ3) is 9.51. The Hall–Kier alpha value is -3.52. The number of thioether (sulfide) groups is 1. The summed E-state index contributed by atoms with van der Waals surface area (Å²) in [5, 5.41) is 7.97. The first kappa shape index (κ1) is 33.0. The molecule has 0 bridgehead atoms. The molecule has 2 atom stereocenters. The summed E-state index contributed by atoms with van der Waals surface area (Å²) < 4.78 is 5.48. The number of carbonyl (C=O) groups is 3. The summed E-state index contributed by atoms with van der Waals surface area (Å²) in [4.78, 5) is 42.8. The van der Waals surface area contributed by atoms with Gasteiger partial charge in [-0.2, -0.15) is 11.8 Å². The molecule has 0 heterocycles. The average Bonchev–Trinajstić information content (AvgIpc) is 2.96. The van der Waals surface area contributed by atoms with Crippen molar-refractivity contribution in [3.8, 4) is 0 Å². The van der Waals surface area contributed by atoms with Crippen LogP contribution in [0.15, 0.2) is 66.7 Å². The number of alkyl carbamates (subject to hydrolysis) is 1. The van der Waals surface area contributed by atoms with Crippen molar-refractivity contribution in [3.05, 3.63) is 77.9 Å². The summed E-state index contributed by atoms with van der Waals surface area (Å²) >= 11 is 1.59. The second kappa shape index (κ2) is 15.6. The highest BCUT2D eigenvalue weighted by Crippen LogP contribution is 2.27. The molecule has 0 fully saturated rings. The number of rotatable bonds is 13. The van der Waals surface area contributed by atoms with Crippen molar-refractivity contribution in [1.82, 2.24) is 10.2 Å². The number of ether oxygens (including phenoxy) is 1. The second-order valence-electron chi connectivity index (χ2n) is 11.4. The lowest BCUT2D eigenvalue weighted by Crippen LogP contribution is -2.52. The first-order valence-electron chi connectivity index (χ1n) is 14.7. The molecule has 0 aromatic heterocycles. The van der Waals surface area contributed by atoms with Gasteiger partial charge in [0.2, 0.25) is 5.91 Å². The normalized spacial score (nSPS) is 12.8. The Labute approximate surface area is 254 Å². The first-order valence-corrected chi connectivity index (χ1v) is 16.1. The predicted octanol–water partition coefficient (Wildman–Crippen LogP) is 7.36. The van der Waals surface area contributed by atoms with E-state index in [0.29, 0.717) is 30.8 Å². The average molecular weight is 592 g/mol. The van der Waals surface area contributed by atoms with Crippen LogP contribution < -0.4 is 10.6 Å². The molecule has 42 heavy (non-hydrogen) atoms. The second-order valence-corrected chi connectivity index (χ2v) is 12.4. The summed E-state index contributed by atoms with van der Waals surface area (Å²) in [6, 6.07) is 19.9. The van der Waals surface area contributed by atoms with Gasteiger partial charge in [-0.25, -0.2) is 4.79 Å². The van der Waals surface area contributed by atoms with Gasteiger partial charge in [0.15, 0.2) is 0 Å². The van der Waals surface area contributed by atoms with Gasteiger partial charge in [0, 0.05) is 12.2 Å². The molecule has 0 aliphatic heterocycles. The Morgan fingerprint density at radius 2 is 1.64 bits per heavy atom. The Kier molecular flexibility index (Phi) is 12.3. The van der Waals surface area contributed by atoms with E-state index in [9.17, 15) is 14.4 Å². The minimum absolute atomic E-state index is 0.304. The lowest BCUT2D eigenvalue weighted by atomic mass is 9.99. The Bertz CT molecular complexity index is 1340. The highest BCUT2D eigenvalue weighted by molar-refractivity contribution is 7.98. The van der Waals surface area contributed by atoms with Crippen molar-refractivity contribution >= 4 is 46.1 Å². The number of hydrogen-bond acceptors (Lipinski definition) is 5. The van der Waals surface area contributed by atoms with E-state index in [2.05, 4.69) is 17.6 Å². The van der Waals surface area contributed by atoms with E-state index in [4.69, 9.17) is 4.74 Å². The number of aryl methyl sites for hydroxylation is 1. The van der Waals surface area contributed by atoms with Crippen molar-refractivity contribution in [2.24, 2.45) is 0 Å². The lowest BCUT2D eigenvalue weighted by molar-refractivity contribution is -0.141. The molecule has 7 nitrogen and oxygen atoms in total. The largest absolute Gasteiger partial charge is 0.444 e. The van der Waals surface area contributed by atoms with Gasteiger partial charge in [-0.1, -0.05) is 74.9 Å². The maximum atomic E-state index is 14.3. The molecular weight excluding hydrogens is 546 g/mol. The zero-order chi connectivity index (χ0) is 30.7. The standard InChI is InChI=1S/C34H45N3O4S/c1-7-9-21-37(32(39)29(20-22-42-6)36-33(40)41-34(3,4)5)30(26-16-14-24(8-2)15-17-26)31(38)35-28-19-18-25-12-10-11-13-27(25)23-28/h10-19,23,29-30H,7-9,20-22H2,1-6H3,(H,35,38)(H,36,40). The first-order chi connectivity index (χ1) is 20.1. The van der Waals surface area contributed by atoms with Crippen LogP contribution >= 0.6 is 11.8 Å². The summed E-state index contributed by atoms with van der Waals surface area (Å²) in [6.07, 6.45) is 4.13. The van der Waals surface area contributed by atoms with Gasteiger partial charge in [0.1, 0.15) is 17.7 Å². The number of nitrogens with one attached hydrogen (secondary N) is 2. The van der Waals surface area contributed by atoms with Crippen molar-refractivity contribution in [3.63, 3.8) is 0 Å². The van der Waals surface area contributed by atoms with Crippen molar-refractivity contribution in [2.45, 2.75) is 78.0 Å². The van der Waals surface area contributed by atoms with Crippen molar-refractivity contribution in [1.29, 1.82) is 0 Å². The molecule has 226 valence electrons. The smallest absolute Gasteiger partial charge is 0.408 e. The molecule has 3 aromatic carbocycles. The number of nitrogens with zero attached hydrogens (tertiary/aromatic N) is 1. The minimum atomic E-state index is -0.890. The van der Waals surface area contributed by atoms with Gasteiger partial charge >= 0.3 is 6.09 Å². The highest BCUT2D eigenvalue weighted by Gasteiger charge is 2.36. The van der Waals surface area contributed by atoms with E-state index >= 15 is 0 Å². The fourth-order valence-corrected chi connectivity index (χ4v) is 5.20. The van der Waals surface area contributed by atoms with Crippen LogP contribution in [-0.4, -0.2) is 53.0 Å². The zero-order valence-electron chi connectivity index (χ0n) is 25.7.